The number of carbonyl (C=O) groups is 8. The number of pyridine rings is 2. The van der Waals surface area contributed by atoms with Crippen LogP contribution >= 0.6 is 0 Å². The van der Waals surface area contributed by atoms with E-state index in [4.69, 9.17) is 14.5 Å². The fourth-order valence-corrected chi connectivity index (χ4v) is 8.26. The summed E-state index contributed by atoms with van der Waals surface area (Å²) < 4.78 is 27.4. The average Bonchev–Trinajstić information content (AvgIpc) is 3.87. The van der Waals surface area contributed by atoms with Gasteiger partial charge in [0.2, 0.25) is 29.5 Å². The van der Waals surface area contributed by atoms with E-state index in [2.05, 4.69) is 21.3 Å². The smallest absolute Gasteiger partial charge is 0.343 e. The lowest BCUT2D eigenvalue weighted by Gasteiger charge is -2.31. The summed E-state index contributed by atoms with van der Waals surface area (Å²) in [4.78, 5) is 121. The van der Waals surface area contributed by atoms with Crippen LogP contribution in [0.25, 0.3) is 22.3 Å². The summed E-state index contributed by atoms with van der Waals surface area (Å²) in [5.41, 5.74) is 0.878. The van der Waals surface area contributed by atoms with E-state index < -0.39 is 73.0 Å². The lowest BCUT2D eigenvalue weighted by atomic mass is 9.86. The number of aromatic nitrogens is 2. The fourth-order valence-electron chi connectivity index (χ4n) is 8.26. The molecule has 0 radical (unpaired) electrons. The highest BCUT2D eigenvalue weighted by Gasteiger charge is 2.45. The third kappa shape index (κ3) is 11.2. The van der Waals surface area contributed by atoms with E-state index in [1.54, 1.807) is 26.0 Å². The van der Waals surface area contributed by atoms with Crippen molar-refractivity contribution in [1.82, 2.24) is 40.6 Å². The molecule has 4 aromatic rings. The number of esters is 1. The molecule has 5 heterocycles. The zero-order valence-electron chi connectivity index (χ0n) is 38.0. The largest absolute Gasteiger partial charge is 0.458 e. The van der Waals surface area contributed by atoms with Gasteiger partial charge in [0.1, 0.15) is 25.8 Å². The molecule has 20 nitrogen and oxygen atoms in total. The first-order chi connectivity index (χ1) is 33.1. The maximum absolute atomic E-state index is 15.2. The van der Waals surface area contributed by atoms with Crippen molar-refractivity contribution in [3.8, 4) is 11.4 Å². The number of unbranched alkanes of at least 4 members (excludes halogenated alkanes) is 2. The number of rotatable bonds is 21. The topological polar surface area (TPSA) is 265 Å². The number of ether oxygens (including phenoxy) is 2. The SMILES string of the molecule is CC[C@@]1(O)C(=O)OCc2c1cc1n(c2=O)Cc2c-1nc1cc(F)c(C)cc1c2CN(Cc1ccccc1)C(=O)COCNC(=O)CNC(=O)CNC(=O)CNC(=O)CCCCCN1C(=O)C=CC1=O. The Morgan fingerprint density at radius 2 is 1.52 bits per heavy atom. The molecule has 0 spiro atoms. The van der Waals surface area contributed by atoms with Gasteiger partial charge in [-0.3, -0.25) is 43.3 Å². The van der Waals surface area contributed by atoms with Crippen molar-refractivity contribution in [2.75, 3.05) is 39.5 Å². The van der Waals surface area contributed by atoms with Gasteiger partial charge in [-0.2, -0.15) is 0 Å². The Kier molecular flexibility index (Phi) is 15.4. The molecule has 0 saturated heterocycles. The number of halogens is 1. The number of benzene rings is 2. The molecule has 1 atom stereocenters. The summed E-state index contributed by atoms with van der Waals surface area (Å²) in [7, 11) is 0. The summed E-state index contributed by atoms with van der Waals surface area (Å²) >= 11 is 0. The number of fused-ring (bicyclic) bond motifs is 5. The zero-order valence-corrected chi connectivity index (χ0v) is 38.0. The molecule has 5 N–H and O–H groups in total. The molecule has 0 unspecified atom stereocenters. The second kappa shape index (κ2) is 21.5. The highest BCUT2D eigenvalue weighted by Crippen LogP contribution is 2.41. The summed E-state index contributed by atoms with van der Waals surface area (Å²) in [6.07, 6.45) is 4.07. The van der Waals surface area contributed by atoms with Crippen molar-refractivity contribution in [2.24, 2.45) is 0 Å². The molecular formula is C48H51FN8O12. The summed E-state index contributed by atoms with van der Waals surface area (Å²) in [5.74, 6) is -4.97. The average molecular weight is 951 g/mol. The monoisotopic (exact) mass is 950 g/mol. The summed E-state index contributed by atoms with van der Waals surface area (Å²) in [5, 5.41) is 21.5. The number of nitrogens with zero attached hydrogens (tertiary/aromatic N) is 4. The number of amides is 7. The molecule has 7 rings (SSSR count). The number of cyclic esters (lactones) is 1. The van der Waals surface area contributed by atoms with Crippen LogP contribution in [0.1, 0.15) is 72.4 Å². The quantitative estimate of drug-likeness (QED) is 0.0298. The standard InChI is InChI=1S/C48H51FN8O12/c1-3-48(67)34-17-37-45-32(24-57(37)46(65)33(34)25-69-47(48)66)31(30-16-28(2)35(49)18-36(30)54-45)23-55(22-29-10-6-4-7-11-29)44(64)26-68-27-53-41(61)21-52-40(60)20-51-39(59)19-50-38(58)12-8-5-9-15-56-42(62)13-14-43(56)63/h4,6-7,10-11,13-14,16-18,67H,3,5,8-9,12,15,19-27H2,1-2H3,(H,50,58)(H,51,59)(H,52,60)(H,53,61)/t48-/m0/s1. The van der Waals surface area contributed by atoms with Crippen LogP contribution in [0.2, 0.25) is 0 Å². The Morgan fingerprint density at radius 1 is 0.855 bits per heavy atom. The first-order valence-corrected chi connectivity index (χ1v) is 22.4. The number of aryl methyl sites for hydroxylation is 1. The van der Waals surface area contributed by atoms with E-state index in [1.165, 1.54) is 27.7 Å². The van der Waals surface area contributed by atoms with Gasteiger partial charge in [0.25, 0.3) is 17.4 Å². The Labute approximate surface area is 394 Å². The van der Waals surface area contributed by atoms with Crippen LogP contribution in [0.4, 0.5) is 4.39 Å². The van der Waals surface area contributed by atoms with Crippen molar-refractivity contribution in [3.05, 3.63) is 110 Å². The van der Waals surface area contributed by atoms with Gasteiger partial charge in [0, 0.05) is 60.8 Å². The summed E-state index contributed by atoms with van der Waals surface area (Å²) in [6.45, 7) is 1.01. The molecule has 0 aliphatic carbocycles. The Balaban J connectivity index is 0.921. The third-order valence-corrected chi connectivity index (χ3v) is 12.1. The first-order valence-electron chi connectivity index (χ1n) is 22.4. The molecule has 2 aromatic heterocycles. The molecule has 7 amide bonds. The molecule has 0 fully saturated rings. The molecule has 69 heavy (non-hydrogen) atoms. The lowest BCUT2D eigenvalue weighted by Crippen LogP contribution is -2.44. The minimum atomic E-state index is -2.06. The summed E-state index contributed by atoms with van der Waals surface area (Å²) in [6, 6.07) is 13.6. The normalized spacial score (nSPS) is 15.6. The van der Waals surface area contributed by atoms with Gasteiger partial charge >= 0.3 is 5.97 Å². The van der Waals surface area contributed by atoms with E-state index in [0.29, 0.717) is 52.7 Å². The molecule has 21 heteroatoms. The number of carbonyl (C=O) groups excluding carboxylic acids is 8. The Hall–Kier alpha value is -7.65. The fraction of sp³-hybridized carbons (Fsp3) is 0.375. The van der Waals surface area contributed by atoms with E-state index in [1.807, 2.05) is 30.3 Å². The molecule has 2 aromatic carbocycles. The van der Waals surface area contributed by atoms with E-state index in [9.17, 15) is 48.3 Å². The molecule has 0 saturated carbocycles. The highest BCUT2D eigenvalue weighted by atomic mass is 19.1. The minimum absolute atomic E-state index is 0.0262. The Morgan fingerprint density at radius 3 is 2.20 bits per heavy atom. The van der Waals surface area contributed by atoms with Crippen LogP contribution in [0.5, 0.6) is 0 Å². The first kappa shape index (κ1) is 49.3. The molecular weight excluding hydrogens is 900 g/mol. The molecule has 362 valence electrons. The number of hydrogen-bond acceptors (Lipinski definition) is 13. The third-order valence-electron chi connectivity index (χ3n) is 12.1. The van der Waals surface area contributed by atoms with Crippen LogP contribution < -0.4 is 26.8 Å². The van der Waals surface area contributed by atoms with Gasteiger partial charge in [-0.25, -0.2) is 14.2 Å². The van der Waals surface area contributed by atoms with Crippen molar-refractivity contribution < 1.29 is 57.3 Å². The van der Waals surface area contributed by atoms with Gasteiger partial charge in [-0.05, 0) is 55.0 Å². The number of nitrogens with one attached hydrogen (secondary N) is 4. The van der Waals surface area contributed by atoms with E-state index in [-0.39, 0.29) is 86.5 Å². The molecule has 0 bridgehead atoms. The molecule has 3 aliphatic heterocycles. The van der Waals surface area contributed by atoms with Crippen molar-refractivity contribution in [2.45, 2.75) is 77.8 Å². The van der Waals surface area contributed by atoms with Crippen LogP contribution in [-0.2, 0) is 79.7 Å². The highest BCUT2D eigenvalue weighted by molar-refractivity contribution is 6.12. The van der Waals surface area contributed by atoms with E-state index in [0.717, 1.165) is 10.5 Å². The number of aliphatic hydroxyl groups is 1. The second-order valence-electron chi connectivity index (χ2n) is 16.8. The maximum Gasteiger partial charge on any atom is 0.343 e. The van der Waals surface area contributed by atoms with Crippen LogP contribution in [0, 0.1) is 12.7 Å². The van der Waals surface area contributed by atoms with Crippen molar-refractivity contribution in [3.63, 3.8) is 0 Å². The maximum atomic E-state index is 15.2. The number of imide groups is 1. The van der Waals surface area contributed by atoms with E-state index >= 15 is 4.39 Å². The lowest BCUT2D eigenvalue weighted by molar-refractivity contribution is -0.172. The minimum Gasteiger partial charge on any atom is -0.458 e. The van der Waals surface area contributed by atoms with Gasteiger partial charge in [-0.1, -0.05) is 43.7 Å². The predicted molar refractivity (Wildman–Crippen MR) is 242 cm³/mol. The predicted octanol–water partition coefficient (Wildman–Crippen LogP) is 0.980. The van der Waals surface area contributed by atoms with Crippen LogP contribution in [0.3, 0.4) is 0 Å². The number of hydrogen-bond donors (Lipinski definition) is 5. The van der Waals surface area contributed by atoms with Crippen LogP contribution in [0.15, 0.2) is 65.5 Å². The van der Waals surface area contributed by atoms with Crippen molar-refractivity contribution in [1.29, 1.82) is 0 Å². The van der Waals surface area contributed by atoms with Gasteiger partial charge in [0.15, 0.2) is 5.60 Å². The second-order valence-corrected chi connectivity index (χ2v) is 16.8. The Bertz CT molecular complexity index is 2810. The van der Waals surface area contributed by atoms with Crippen molar-refractivity contribution >= 4 is 58.2 Å². The van der Waals surface area contributed by atoms with Gasteiger partial charge in [-0.15, -0.1) is 0 Å². The zero-order chi connectivity index (χ0) is 49.4. The van der Waals surface area contributed by atoms with Gasteiger partial charge in [0.05, 0.1) is 48.6 Å². The molecule has 3 aliphatic rings. The van der Waals surface area contributed by atoms with Crippen LogP contribution in [-0.4, -0.2) is 111 Å². The van der Waals surface area contributed by atoms with Gasteiger partial charge < -0.3 is 45.3 Å².